The standard InChI is InChI=1S/C15H24ClN3O/c1-11(2)8-19(10-13-5-4-6-17-13)15(20)14-7-12(16)9-18(14)3/h7,9,11,13,17H,4-6,8,10H2,1-3H3. The summed E-state index contributed by atoms with van der Waals surface area (Å²) in [7, 11) is 1.86. The predicted molar refractivity (Wildman–Crippen MR) is 82.2 cm³/mol. The smallest absolute Gasteiger partial charge is 0.270 e. The van der Waals surface area contributed by atoms with Crippen molar-refractivity contribution in [2.45, 2.75) is 32.7 Å². The van der Waals surface area contributed by atoms with E-state index in [9.17, 15) is 4.79 Å². The van der Waals surface area contributed by atoms with Gasteiger partial charge in [-0.15, -0.1) is 0 Å². The van der Waals surface area contributed by atoms with Crippen molar-refractivity contribution >= 4 is 17.5 Å². The van der Waals surface area contributed by atoms with Crippen LogP contribution >= 0.6 is 11.6 Å². The Morgan fingerprint density at radius 3 is 2.85 bits per heavy atom. The Balaban J connectivity index is 2.12. The van der Waals surface area contributed by atoms with Gasteiger partial charge in [0.2, 0.25) is 0 Å². The number of nitrogens with one attached hydrogen (secondary N) is 1. The van der Waals surface area contributed by atoms with Gasteiger partial charge < -0.3 is 14.8 Å². The number of carbonyl (C=O) groups is 1. The van der Waals surface area contributed by atoms with Gasteiger partial charge in [-0.1, -0.05) is 25.4 Å². The summed E-state index contributed by atoms with van der Waals surface area (Å²) in [6.07, 6.45) is 4.12. The van der Waals surface area contributed by atoms with Gasteiger partial charge >= 0.3 is 0 Å². The maximum Gasteiger partial charge on any atom is 0.270 e. The van der Waals surface area contributed by atoms with E-state index >= 15 is 0 Å². The van der Waals surface area contributed by atoms with Crippen LogP contribution in [0, 0.1) is 5.92 Å². The van der Waals surface area contributed by atoms with E-state index in [1.165, 1.54) is 6.42 Å². The third-order valence-electron chi connectivity index (χ3n) is 3.67. The first kappa shape index (κ1) is 15.4. The SMILES string of the molecule is CC(C)CN(CC1CCCN1)C(=O)c1cc(Cl)cn1C. The first-order valence-corrected chi connectivity index (χ1v) is 7.69. The highest BCUT2D eigenvalue weighted by Crippen LogP contribution is 2.17. The van der Waals surface area contributed by atoms with Crippen molar-refractivity contribution in [3.8, 4) is 0 Å². The summed E-state index contributed by atoms with van der Waals surface area (Å²) in [6, 6.07) is 2.17. The quantitative estimate of drug-likeness (QED) is 0.907. The van der Waals surface area contributed by atoms with Gasteiger partial charge in [0.25, 0.3) is 5.91 Å². The van der Waals surface area contributed by atoms with Crippen LogP contribution in [0.2, 0.25) is 5.02 Å². The Morgan fingerprint density at radius 2 is 2.35 bits per heavy atom. The van der Waals surface area contributed by atoms with Crippen molar-refractivity contribution in [1.82, 2.24) is 14.8 Å². The van der Waals surface area contributed by atoms with E-state index in [4.69, 9.17) is 11.6 Å². The number of aryl methyl sites for hydroxylation is 1. The minimum absolute atomic E-state index is 0.0711. The molecule has 1 aromatic heterocycles. The molecule has 2 rings (SSSR count). The minimum atomic E-state index is 0.0711. The number of nitrogens with zero attached hydrogens (tertiary/aromatic N) is 2. The molecule has 0 saturated carbocycles. The molecule has 0 spiro atoms. The largest absolute Gasteiger partial charge is 0.345 e. The summed E-state index contributed by atoms with van der Waals surface area (Å²) in [5, 5.41) is 4.07. The van der Waals surface area contributed by atoms with Crippen LogP contribution < -0.4 is 5.32 Å². The van der Waals surface area contributed by atoms with Crippen LogP contribution in [-0.4, -0.2) is 41.1 Å². The molecule has 1 aromatic rings. The molecule has 1 aliphatic heterocycles. The lowest BCUT2D eigenvalue weighted by molar-refractivity contribution is 0.0711. The number of amides is 1. The summed E-state index contributed by atoms with van der Waals surface area (Å²) in [5.41, 5.74) is 0.661. The molecule has 20 heavy (non-hydrogen) atoms. The lowest BCUT2D eigenvalue weighted by Crippen LogP contribution is -2.43. The van der Waals surface area contributed by atoms with Crippen LogP contribution in [-0.2, 0) is 7.05 Å². The molecule has 1 atom stereocenters. The van der Waals surface area contributed by atoms with Gasteiger partial charge in [-0.05, 0) is 31.4 Å². The monoisotopic (exact) mass is 297 g/mol. The molecule has 2 heterocycles. The summed E-state index contributed by atoms with van der Waals surface area (Å²) < 4.78 is 1.81. The average Bonchev–Trinajstić information content (AvgIpc) is 2.96. The fourth-order valence-electron chi connectivity index (χ4n) is 2.76. The molecular weight excluding hydrogens is 274 g/mol. The molecule has 0 aliphatic carbocycles. The number of aromatic nitrogens is 1. The third-order valence-corrected chi connectivity index (χ3v) is 3.87. The first-order chi connectivity index (χ1) is 9.47. The second-order valence-corrected chi connectivity index (χ2v) is 6.49. The molecular formula is C15H24ClN3O. The van der Waals surface area contributed by atoms with Crippen molar-refractivity contribution < 1.29 is 4.79 Å². The van der Waals surface area contributed by atoms with E-state index in [-0.39, 0.29) is 5.91 Å². The summed E-state index contributed by atoms with van der Waals surface area (Å²) >= 11 is 5.99. The van der Waals surface area contributed by atoms with Crippen molar-refractivity contribution in [2.75, 3.05) is 19.6 Å². The molecule has 4 nitrogen and oxygen atoms in total. The van der Waals surface area contributed by atoms with Gasteiger partial charge in [-0.3, -0.25) is 4.79 Å². The molecule has 1 aliphatic rings. The maximum absolute atomic E-state index is 12.7. The van der Waals surface area contributed by atoms with Gasteiger partial charge in [-0.25, -0.2) is 0 Å². The predicted octanol–water partition coefficient (Wildman–Crippen LogP) is 2.53. The Kier molecular flexibility index (Phi) is 5.11. The van der Waals surface area contributed by atoms with Crippen LogP contribution in [0.3, 0.4) is 0 Å². The molecule has 1 unspecified atom stereocenters. The van der Waals surface area contributed by atoms with E-state index in [1.54, 1.807) is 16.8 Å². The van der Waals surface area contributed by atoms with Gasteiger partial charge in [0.05, 0.1) is 5.02 Å². The molecule has 1 fully saturated rings. The lowest BCUT2D eigenvalue weighted by atomic mass is 10.1. The molecule has 1 N–H and O–H groups in total. The van der Waals surface area contributed by atoms with E-state index in [0.29, 0.717) is 22.7 Å². The zero-order valence-electron chi connectivity index (χ0n) is 12.5. The fraction of sp³-hybridized carbons (Fsp3) is 0.667. The van der Waals surface area contributed by atoms with Crippen LogP contribution in [0.1, 0.15) is 37.2 Å². The topological polar surface area (TPSA) is 37.3 Å². The van der Waals surface area contributed by atoms with Crippen LogP contribution in [0.4, 0.5) is 0 Å². The first-order valence-electron chi connectivity index (χ1n) is 7.32. The third kappa shape index (κ3) is 3.76. The van der Waals surface area contributed by atoms with Crippen molar-refractivity contribution in [3.63, 3.8) is 0 Å². The van der Waals surface area contributed by atoms with Crippen LogP contribution in [0.15, 0.2) is 12.3 Å². The van der Waals surface area contributed by atoms with Gasteiger partial charge in [0.15, 0.2) is 0 Å². The highest BCUT2D eigenvalue weighted by molar-refractivity contribution is 6.31. The number of halogens is 1. The average molecular weight is 298 g/mol. The maximum atomic E-state index is 12.7. The normalized spacial score (nSPS) is 18.8. The lowest BCUT2D eigenvalue weighted by Gasteiger charge is -2.27. The summed E-state index contributed by atoms with van der Waals surface area (Å²) in [4.78, 5) is 14.7. The van der Waals surface area contributed by atoms with Crippen LogP contribution in [0.5, 0.6) is 0 Å². The molecule has 0 radical (unpaired) electrons. The van der Waals surface area contributed by atoms with Gasteiger partial charge in [0, 0.05) is 32.4 Å². The van der Waals surface area contributed by atoms with Crippen molar-refractivity contribution in [2.24, 2.45) is 13.0 Å². The highest BCUT2D eigenvalue weighted by Gasteiger charge is 2.24. The zero-order chi connectivity index (χ0) is 14.7. The second kappa shape index (κ2) is 6.64. The Hall–Kier alpha value is -1.00. The zero-order valence-corrected chi connectivity index (χ0v) is 13.3. The second-order valence-electron chi connectivity index (χ2n) is 6.05. The van der Waals surface area contributed by atoms with E-state index < -0.39 is 0 Å². The van der Waals surface area contributed by atoms with E-state index in [2.05, 4.69) is 19.2 Å². The molecule has 1 saturated heterocycles. The number of rotatable bonds is 5. The molecule has 0 bridgehead atoms. The summed E-state index contributed by atoms with van der Waals surface area (Å²) in [6.45, 7) is 6.89. The Labute approximate surface area is 126 Å². The highest BCUT2D eigenvalue weighted by atomic mass is 35.5. The number of hydrogen-bond acceptors (Lipinski definition) is 2. The van der Waals surface area contributed by atoms with E-state index in [0.717, 1.165) is 26.1 Å². The minimum Gasteiger partial charge on any atom is -0.345 e. The van der Waals surface area contributed by atoms with Crippen molar-refractivity contribution in [1.29, 1.82) is 0 Å². The number of carbonyl (C=O) groups excluding carboxylic acids is 1. The van der Waals surface area contributed by atoms with E-state index in [1.807, 2.05) is 11.9 Å². The summed E-state index contributed by atoms with van der Waals surface area (Å²) in [5.74, 6) is 0.526. The van der Waals surface area contributed by atoms with Crippen molar-refractivity contribution in [3.05, 3.63) is 23.0 Å². The number of hydrogen-bond donors (Lipinski definition) is 1. The fourth-order valence-corrected chi connectivity index (χ4v) is 3.01. The molecule has 0 aromatic carbocycles. The molecule has 1 amide bonds. The van der Waals surface area contributed by atoms with Crippen LogP contribution in [0.25, 0.3) is 0 Å². The van der Waals surface area contributed by atoms with Gasteiger partial charge in [0.1, 0.15) is 5.69 Å². The Bertz CT molecular complexity index is 464. The Morgan fingerprint density at radius 1 is 1.60 bits per heavy atom. The molecule has 5 heteroatoms. The molecule has 112 valence electrons. The van der Waals surface area contributed by atoms with Gasteiger partial charge in [-0.2, -0.15) is 0 Å².